The third-order valence-corrected chi connectivity index (χ3v) is 2.90. The molecular formula is C12H12ClF3Si. The van der Waals surface area contributed by atoms with Crippen LogP contribution in [0.3, 0.4) is 0 Å². The second-order valence-electron chi connectivity index (χ2n) is 4.73. The molecule has 5 heteroatoms. The molecule has 0 amide bonds. The molecule has 0 nitrogen and oxygen atoms in total. The molecule has 0 spiro atoms. The van der Waals surface area contributed by atoms with Gasteiger partial charge in [0.15, 0.2) is 0 Å². The Balaban J connectivity index is 3.18. The molecule has 1 aromatic rings. The molecule has 17 heavy (non-hydrogen) atoms. The van der Waals surface area contributed by atoms with Gasteiger partial charge in [-0.1, -0.05) is 37.2 Å². The van der Waals surface area contributed by atoms with Gasteiger partial charge >= 0.3 is 6.18 Å². The number of benzene rings is 1. The summed E-state index contributed by atoms with van der Waals surface area (Å²) in [6.07, 6.45) is -4.39. The Labute approximate surface area is 105 Å². The molecule has 0 aliphatic heterocycles. The quantitative estimate of drug-likeness (QED) is 0.480. The molecule has 0 heterocycles. The molecule has 0 aliphatic rings. The van der Waals surface area contributed by atoms with E-state index in [-0.39, 0.29) is 5.02 Å². The third-order valence-electron chi connectivity index (χ3n) is 1.81. The molecule has 1 aromatic carbocycles. The smallest absolute Gasteiger partial charge is 0.166 e. The van der Waals surface area contributed by atoms with E-state index in [1.54, 1.807) is 0 Å². The van der Waals surface area contributed by atoms with Gasteiger partial charge in [0, 0.05) is 10.6 Å². The summed E-state index contributed by atoms with van der Waals surface area (Å²) in [5, 5.41) is 0.0553. The summed E-state index contributed by atoms with van der Waals surface area (Å²) in [5.41, 5.74) is 2.56. The topological polar surface area (TPSA) is 0 Å². The molecular weight excluding hydrogens is 265 g/mol. The highest BCUT2D eigenvalue weighted by Crippen LogP contribution is 2.31. The van der Waals surface area contributed by atoms with E-state index in [1.165, 1.54) is 6.07 Å². The van der Waals surface area contributed by atoms with Gasteiger partial charge in [-0.05, 0) is 18.2 Å². The lowest BCUT2D eigenvalue weighted by atomic mass is 10.1. The molecule has 0 N–H and O–H groups in total. The second-order valence-corrected chi connectivity index (χ2v) is 9.91. The van der Waals surface area contributed by atoms with Crippen LogP contribution in [0.25, 0.3) is 0 Å². The first-order valence-corrected chi connectivity index (χ1v) is 8.87. The summed E-state index contributed by atoms with van der Waals surface area (Å²) >= 11 is 5.65. The minimum atomic E-state index is -4.39. The van der Waals surface area contributed by atoms with Crippen molar-refractivity contribution in [2.75, 3.05) is 0 Å². The highest BCUT2D eigenvalue weighted by molar-refractivity contribution is 6.83. The van der Waals surface area contributed by atoms with Crippen LogP contribution in [-0.2, 0) is 6.18 Å². The highest BCUT2D eigenvalue weighted by atomic mass is 35.5. The van der Waals surface area contributed by atoms with E-state index in [0.29, 0.717) is 5.56 Å². The molecule has 0 saturated heterocycles. The van der Waals surface area contributed by atoms with Crippen LogP contribution in [0.15, 0.2) is 18.2 Å². The fourth-order valence-corrected chi connectivity index (χ4v) is 1.84. The number of hydrogen-bond acceptors (Lipinski definition) is 0. The standard InChI is InChI=1S/C12H12ClF3Si/c1-17(2,3)5-4-9-6-10(12(14,15)16)8-11(13)7-9/h6-8H,1-3H3. The van der Waals surface area contributed by atoms with Gasteiger partial charge in [0.05, 0.1) is 5.56 Å². The normalized spacial score (nSPS) is 11.9. The summed E-state index contributed by atoms with van der Waals surface area (Å²) in [6, 6.07) is 3.38. The lowest BCUT2D eigenvalue weighted by molar-refractivity contribution is -0.137. The minimum Gasteiger partial charge on any atom is -0.166 e. The second kappa shape index (κ2) is 4.75. The SMILES string of the molecule is C[Si](C)(C)C#Cc1cc(Cl)cc(C(F)(F)F)c1. The van der Waals surface area contributed by atoms with Gasteiger partial charge in [0.1, 0.15) is 8.07 Å². The number of hydrogen-bond donors (Lipinski definition) is 0. The fourth-order valence-electron chi connectivity index (χ4n) is 1.09. The van der Waals surface area contributed by atoms with Crippen molar-refractivity contribution in [1.82, 2.24) is 0 Å². The molecule has 1 rings (SSSR count). The van der Waals surface area contributed by atoms with Crippen molar-refractivity contribution in [3.05, 3.63) is 34.3 Å². The fraction of sp³-hybridized carbons (Fsp3) is 0.333. The summed E-state index contributed by atoms with van der Waals surface area (Å²) < 4.78 is 37.6. The molecule has 0 aliphatic carbocycles. The van der Waals surface area contributed by atoms with Crippen molar-refractivity contribution in [2.45, 2.75) is 25.8 Å². The summed E-state index contributed by atoms with van der Waals surface area (Å²) in [6.45, 7) is 6.07. The molecule has 0 radical (unpaired) electrons. The van der Waals surface area contributed by atoms with Crippen LogP contribution in [-0.4, -0.2) is 8.07 Å². The van der Waals surface area contributed by atoms with Crippen LogP contribution in [0, 0.1) is 11.5 Å². The average Bonchev–Trinajstić information content (AvgIpc) is 2.11. The van der Waals surface area contributed by atoms with Crippen LogP contribution >= 0.6 is 11.6 Å². The van der Waals surface area contributed by atoms with Gasteiger partial charge in [-0.3, -0.25) is 0 Å². The summed E-state index contributed by atoms with van der Waals surface area (Å²) in [4.78, 5) is 0. The first-order valence-electron chi connectivity index (χ1n) is 4.99. The van der Waals surface area contributed by atoms with Gasteiger partial charge in [-0.2, -0.15) is 13.2 Å². The monoisotopic (exact) mass is 276 g/mol. The van der Waals surface area contributed by atoms with Gasteiger partial charge in [-0.25, -0.2) is 0 Å². The van der Waals surface area contributed by atoms with Crippen LogP contribution in [0.1, 0.15) is 11.1 Å². The maximum Gasteiger partial charge on any atom is 0.416 e. The Morgan fingerprint density at radius 1 is 1.12 bits per heavy atom. The lowest BCUT2D eigenvalue weighted by Gasteiger charge is -2.08. The van der Waals surface area contributed by atoms with Crippen molar-refractivity contribution in [2.24, 2.45) is 0 Å². The van der Waals surface area contributed by atoms with Gasteiger partial charge in [0.2, 0.25) is 0 Å². The van der Waals surface area contributed by atoms with E-state index >= 15 is 0 Å². The first-order chi connectivity index (χ1) is 7.58. The van der Waals surface area contributed by atoms with Gasteiger partial charge in [-0.15, -0.1) is 5.54 Å². The maximum atomic E-state index is 12.5. The van der Waals surface area contributed by atoms with Crippen molar-refractivity contribution < 1.29 is 13.2 Å². The van der Waals surface area contributed by atoms with Crippen molar-refractivity contribution in [3.63, 3.8) is 0 Å². The largest absolute Gasteiger partial charge is 0.416 e. The van der Waals surface area contributed by atoms with Crippen LogP contribution < -0.4 is 0 Å². The molecule has 0 unspecified atom stereocenters. The van der Waals surface area contributed by atoms with Gasteiger partial charge in [0.25, 0.3) is 0 Å². The Hall–Kier alpha value is -0.923. The van der Waals surface area contributed by atoms with Crippen molar-refractivity contribution in [1.29, 1.82) is 0 Å². The van der Waals surface area contributed by atoms with Gasteiger partial charge < -0.3 is 0 Å². The van der Waals surface area contributed by atoms with E-state index in [2.05, 4.69) is 11.5 Å². The Bertz CT molecular complexity index is 475. The highest BCUT2D eigenvalue weighted by Gasteiger charge is 2.30. The molecule has 0 fully saturated rings. The molecule has 92 valence electrons. The number of alkyl halides is 3. The zero-order valence-electron chi connectivity index (χ0n) is 9.74. The summed E-state index contributed by atoms with van der Waals surface area (Å²) in [5.74, 6) is 2.77. The van der Waals surface area contributed by atoms with Crippen LogP contribution in [0.5, 0.6) is 0 Å². The Morgan fingerprint density at radius 3 is 2.18 bits per heavy atom. The molecule has 0 bridgehead atoms. The van der Waals surface area contributed by atoms with Crippen molar-refractivity contribution >= 4 is 19.7 Å². The molecule has 0 saturated carbocycles. The average molecular weight is 277 g/mol. The van der Waals surface area contributed by atoms with Crippen molar-refractivity contribution in [3.8, 4) is 11.5 Å². The zero-order valence-corrected chi connectivity index (χ0v) is 11.5. The van der Waals surface area contributed by atoms with Crippen LogP contribution in [0.2, 0.25) is 24.7 Å². The first kappa shape index (κ1) is 14.1. The zero-order chi connectivity index (χ0) is 13.3. The molecule has 0 atom stereocenters. The predicted molar refractivity (Wildman–Crippen MR) is 66.7 cm³/mol. The molecule has 0 aromatic heterocycles. The Kier molecular flexibility index (Phi) is 3.95. The van der Waals surface area contributed by atoms with E-state index in [9.17, 15) is 13.2 Å². The van der Waals surface area contributed by atoms with E-state index in [1.807, 2.05) is 19.6 Å². The predicted octanol–water partition coefficient (Wildman–Crippen LogP) is 4.59. The third kappa shape index (κ3) is 4.84. The lowest BCUT2D eigenvalue weighted by Crippen LogP contribution is -2.16. The van der Waals surface area contributed by atoms with Crippen LogP contribution in [0.4, 0.5) is 13.2 Å². The minimum absolute atomic E-state index is 0.0553. The van der Waals surface area contributed by atoms with E-state index in [4.69, 9.17) is 11.6 Å². The van der Waals surface area contributed by atoms with E-state index < -0.39 is 19.8 Å². The maximum absolute atomic E-state index is 12.5. The Morgan fingerprint density at radius 2 is 1.71 bits per heavy atom. The number of rotatable bonds is 0. The number of halogens is 4. The van der Waals surface area contributed by atoms with E-state index in [0.717, 1.165) is 12.1 Å². The summed E-state index contributed by atoms with van der Waals surface area (Å²) in [7, 11) is -1.61.